The van der Waals surface area contributed by atoms with E-state index >= 15 is 0 Å². The minimum Gasteiger partial charge on any atom is -0.347 e. The molecule has 2 amide bonds. The highest BCUT2D eigenvalue weighted by Crippen LogP contribution is 2.31. The van der Waals surface area contributed by atoms with Crippen molar-refractivity contribution >= 4 is 64.3 Å². The number of benzene rings is 4. The van der Waals surface area contributed by atoms with Gasteiger partial charge in [0.15, 0.2) is 5.69 Å². The molecule has 62 heavy (non-hydrogen) atoms. The molecule has 14 nitrogen and oxygen atoms in total. The number of aromatic nitrogens is 3. The monoisotopic (exact) mass is 828 g/mol. The topological polar surface area (TPSA) is 139 Å². The molecule has 0 radical (unpaired) electrons. The third kappa shape index (κ3) is 9.48. The molecule has 0 aliphatic carbocycles. The van der Waals surface area contributed by atoms with E-state index in [-0.39, 0.29) is 17.8 Å². The first-order valence-corrected chi connectivity index (χ1v) is 21.0. The molecule has 316 valence electrons. The minimum absolute atomic E-state index is 0.0819. The second kappa shape index (κ2) is 17.9. The molecule has 0 saturated carbocycles. The molecule has 0 unspecified atom stereocenters. The molecule has 8 rings (SSSR count). The van der Waals surface area contributed by atoms with E-state index in [1.807, 2.05) is 66.4 Å². The van der Waals surface area contributed by atoms with Gasteiger partial charge >= 0.3 is 0 Å². The number of carbonyl (C=O) groups excluding carboxylic acids is 2. The molecule has 3 aliphatic heterocycles. The van der Waals surface area contributed by atoms with Gasteiger partial charge in [-0.05, 0) is 90.0 Å². The van der Waals surface area contributed by atoms with Crippen LogP contribution in [0.1, 0.15) is 49.3 Å². The fraction of sp³-hybridized carbons (Fsp3) is 0.333. The number of aliphatic imine (C=N–C) groups is 2. The zero-order chi connectivity index (χ0) is 43.5. The number of hydrogen-bond donors (Lipinski definition) is 2. The Balaban J connectivity index is 0.990. The van der Waals surface area contributed by atoms with Crippen LogP contribution in [0, 0.1) is 27.3 Å². The highest BCUT2D eigenvalue weighted by molar-refractivity contribution is 5.98. The van der Waals surface area contributed by atoms with Gasteiger partial charge in [-0.25, -0.2) is 4.85 Å². The normalized spacial score (nSPS) is 14.7. The van der Waals surface area contributed by atoms with Crippen LogP contribution in [0.2, 0.25) is 0 Å². The molecule has 4 aromatic carbocycles. The van der Waals surface area contributed by atoms with Gasteiger partial charge < -0.3 is 25.3 Å². The predicted octanol–water partition coefficient (Wildman–Crippen LogP) is 7.18. The zero-order valence-electron chi connectivity index (χ0n) is 36.2. The number of likely N-dealkylation sites (N-methyl/N-ethyl adjacent to an activating group) is 1. The van der Waals surface area contributed by atoms with E-state index in [0.717, 1.165) is 83.1 Å². The van der Waals surface area contributed by atoms with Crippen LogP contribution in [0.3, 0.4) is 0 Å². The van der Waals surface area contributed by atoms with Crippen molar-refractivity contribution in [3.63, 3.8) is 0 Å². The lowest BCUT2D eigenvalue weighted by Gasteiger charge is -2.35. The van der Waals surface area contributed by atoms with Crippen molar-refractivity contribution in [1.29, 1.82) is 0 Å². The standard InChI is InChI=1S/C48H52N12O2/c1-30-21-36-26-39(51-42(36)22-31(30)2)29-58(7)48-55-46(54-47(56-48)53-43(45(62)57(5)6)25-33-11-13-37(49-4)14-12-33)52-38-10-8-9-34(24-38)28-59-17-19-60(20-18-59)44(61)40-27-35-15-16-50-41(35)23-32(40)3/h8-14,16,21-24,27,43H,15,17-20,25-26,28-29H2,1-3,5-7H3,(H2,52,53,54,55,56)/t43-/m0/s1. The van der Waals surface area contributed by atoms with Crippen LogP contribution in [0.25, 0.3) is 4.85 Å². The molecule has 5 aromatic rings. The van der Waals surface area contributed by atoms with Gasteiger partial charge in [0, 0.05) is 96.3 Å². The Bertz CT molecular complexity index is 2620. The average Bonchev–Trinajstić information content (AvgIpc) is 3.88. The lowest BCUT2D eigenvalue weighted by atomic mass is 10.0. The fourth-order valence-electron chi connectivity index (χ4n) is 8.15. The number of carbonyl (C=O) groups is 2. The summed E-state index contributed by atoms with van der Waals surface area (Å²) in [5.74, 6) is 0.928. The van der Waals surface area contributed by atoms with Crippen LogP contribution in [0.5, 0.6) is 0 Å². The largest absolute Gasteiger partial charge is 0.347 e. The first kappa shape index (κ1) is 41.7. The Hall–Kier alpha value is -6.98. The maximum atomic E-state index is 13.6. The number of aryl methyl sites for hydroxylation is 3. The Morgan fingerprint density at radius 2 is 1.56 bits per heavy atom. The van der Waals surface area contributed by atoms with E-state index in [1.165, 1.54) is 16.7 Å². The van der Waals surface area contributed by atoms with Gasteiger partial charge in [0.25, 0.3) is 5.91 Å². The van der Waals surface area contributed by atoms with Gasteiger partial charge in [-0.3, -0.25) is 24.5 Å². The van der Waals surface area contributed by atoms with Crippen LogP contribution in [-0.4, -0.2) is 113 Å². The summed E-state index contributed by atoms with van der Waals surface area (Å²) < 4.78 is 0. The number of rotatable bonds is 13. The summed E-state index contributed by atoms with van der Waals surface area (Å²) in [6.45, 7) is 17.6. The van der Waals surface area contributed by atoms with Crippen molar-refractivity contribution in [3.8, 4) is 0 Å². The summed E-state index contributed by atoms with van der Waals surface area (Å²) in [6.07, 6.45) is 3.78. The quantitative estimate of drug-likeness (QED) is 0.118. The van der Waals surface area contributed by atoms with Crippen LogP contribution in [-0.2, 0) is 30.6 Å². The highest BCUT2D eigenvalue weighted by atomic mass is 16.2. The Labute approximate surface area is 363 Å². The summed E-state index contributed by atoms with van der Waals surface area (Å²) in [4.78, 5) is 62.4. The summed E-state index contributed by atoms with van der Waals surface area (Å²) in [7, 11) is 5.38. The number of amides is 2. The summed E-state index contributed by atoms with van der Waals surface area (Å²) in [6, 6.07) is 23.1. The maximum Gasteiger partial charge on any atom is 0.254 e. The Kier molecular flexibility index (Phi) is 12.1. The van der Waals surface area contributed by atoms with Crippen molar-refractivity contribution in [2.75, 3.05) is 69.4 Å². The Morgan fingerprint density at radius 1 is 0.823 bits per heavy atom. The van der Waals surface area contributed by atoms with Gasteiger partial charge in [-0.2, -0.15) is 15.0 Å². The summed E-state index contributed by atoms with van der Waals surface area (Å²) >= 11 is 0. The predicted molar refractivity (Wildman–Crippen MR) is 246 cm³/mol. The van der Waals surface area contributed by atoms with Crippen molar-refractivity contribution in [2.24, 2.45) is 9.98 Å². The first-order valence-electron chi connectivity index (χ1n) is 21.0. The molecule has 0 bridgehead atoms. The van der Waals surface area contributed by atoms with E-state index in [1.54, 1.807) is 31.1 Å². The smallest absolute Gasteiger partial charge is 0.254 e. The molecule has 14 heteroatoms. The third-order valence-electron chi connectivity index (χ3n) is 11.7. The zero-order valence-corrected chi connectivity index (χ0v) is 36.2. The van der Waals surface area contributed by atoms with Gasteiger partial charge in [0.05, 0.1) is 24.5 Å². The van der Waals surface area contributed by atoms with E-state index in [4.69, 9.17) is 26.5 Å². The fourth-order valence-corrected chi connectivity index (χ4v) is 8.15. The molecule has 3 aliphatic rings. The van der Waals surface area contributed by atoms with Crippen LogP contribution < -0.4 is 15.5 Å². The van der Waals surface area contributed by atoms with Crippen molar-refractivity contribution in [1.82, 2.24) is 29.7 Å². The Morgan fingerprint density at radius 3 is 2.32 bits per heavy atom. The molecule has 4 heterocycles. The van der Waals surface area contributed by atoms with Crippen LogP contribution in [0.4, 0.5) is 40.6 Å². The van der Waals surface area contributed by atoms with Crippen LogP contribution in [0.15, 0.2) is 82.8 Å². The lowest BCUT2D eigenvalue weighted by Crippen LogP contribution is -2.48. The first-order chi connectivity index (χ1) is 29.9. The number of nitrogens with zero attached hydrogens (tertiary/aromatic N) is 10. The van der Waals surface area contributed by atoms with E-state index in [9.17, 15) is 9.59 Å². The second-order valence-electron chi connectivity index (χ2n) is 16.7. The van der Waals surface area contributed by atoms with Gasteiger partial charge in [0.1, 0.15) is 6.04 Å². The number of nitrogens with one attached hydrogen (secondary N) is 2. The van der Waals surface area contributed by atoms with Gasteiger partial charge in [0.2, 0.25) is 23.8 Å². The number of fused-ring (bicyclic) bond motifs is 2. The SMILES string of the molecule is [C-]#[N+]c1ccc(C[C@H](Nc2nc(Nc3cccc(CN4CCN(C(=O)c5cc6c(cc5C)N=CC6)CC4)c3)nc(N(C)CC3=Nc4cc(C)c(C)cc4C3)n2)C(=O)N(C)C)cc1. The number of piperazine rings is 1. The summed E-state index contributed by atoms with van der Waals surface area (Å²) in [5.41, 5.74) is 12.8. The van der Waals surface area contributed by atoms with Crippen LogP contribution >= 0.6 is 0 Å². The second-order valence-corrected chi connectivity index (χ2v) is 16.7. The molecule has 0 spiro atoms. The van der Waals surface area contributed by atoms with E-state index < -0.39 is 6.04 Å². The number of anilines is 4. The summed E-state index contributed by atoms with van der Waals surface area (Å²) in [5, 5.41) is 6.75. The maximum absolute atomic E-state index is 13.6. The molecular formula is C48H52N12O2. The molecule has 1 saturated heterocycles. The lowest BCUT2D eigenvalue weighted by molar-refractivity contribution is -0.129. The molecule has 1 atom stereocenters. The third-order valence-corrected chi connectivity index (χ3v) is 11.7. The van der Waals surface area contributed by atoms with Gasteiger partial charge in [-0.15, -0.1) is 0 Å². The van der Waals surface area contributed by atoms with Crippen molar-refractivity contribution in [3.05, 3.63) is 129 Å². The molecular weight excluding hydrogens is 777 g/mol. The van der Waals surface area contributed by atoms with E-state index in [2.05, 4.69) is 63.5 Å². The van der Waals surface area contributed by atoms with Gasteiger partial charge in [-0.1, -0.05) is 42.5 Å². The molecule has 1 fully saturated rings. The van der Waals surface area contributed by atoms with E-state index in [0.29, 0.717) is 43.6 Å². The van der Waals surface area contributed by atoms with Crippen molar-refractivity contribution < 1.29 is 9.59 Å². The molecule has 1 aromatic heterocycles. The highest BCUT2D eigenvalue weighted by Gasteiger charge is 2.26. The number of hydrogen-bond acceptors (Lipinski definition) is 11. The van der Waals surface area contributed by atoms with Crippen molar-refractivity contribution in [2.45, 2.75) is 52.6 Å². The molecule has 2 N–H and O–H groups in total. The average molecular weight is 829 g/mol. The minimum atomic E-state index is -0.691.